The first kappa shape index (κ1) is 23.0. The lowest BCUT2D eigenvalue weighted by molar-refractivity contribution is -0.00628. The summed E-state index contributed by atoms with van der Waals surface area (Å²) in [6.45, 7) is 4.40. The molecule has 8 aliphatic rings. The maximum absolute atomic E-state index is 11.8. The van der Waals surface area contributed by atoms with E-state index in [1.807, 2.05) is 0 Å². The highest BCUT2D eigenvalue weighted by Gasteiger charge is 2.54. The van der Waals surface area contributed by atoms with Gasteiger partial charge in [-0.05, 0) is 148 Å². The van der Waals surface area contributed by atoms with Crippen LogP contribution in [0.15, 0.2) is 24.3 Å². The lowest BCUT2D eigenvalue weighted by Crippen LogP contribution is -2.48. The van der Waals surface area contributed by atoms with E-state index in [2.05, 4.69) is 38.1 Å². The summed E-state index contributed by atoms with van der Waals surface area (Å²) in [6.07, 6.45) is 16.7. The van der Waals surface area contributed by atoms with Crippen molar-refractivity contribution in [2.75, 3.05) is 0 Å². The Bertz CT molecular complexity index is 1100. The van der Waals surface area contributed by atoms with Crippen LogP contribution in [0.4, 0.5) is 0 Å². The number of benzene rings is 2. The van der Waals surface area contributed by atoms with E-state index >= 15 is 0 Å². The van der Waals surface area contributed by atoms with Crippen LogP contribution >= 0.6 is 0 Å². The van der Waals surface area contributed by atoms with E-state index in [1.54, 1.807) is 0 Å². The quantitative estimate of drug-likeness (QED) is 0.447. The summed E-state index contributed by atoms with van der Waals surface area (Å²) in [6, 6.07) is 8.99. The highest BCUT2D eigenvalue weighted by Crippen LogP contribution is 2.63. The van der Waals surface area contributed by atoms with Gasteiger partial charge in [-0.1, -0.05) is 35.4 Å². The Kier molecular flexibility index (Phi) is 4.84. The van der Waals surface area contributed by atoms with Crippen molar-refractivity contribution < 1.29 is 10.2 Å². The van der Waals surface area contributed by atoms with Gasteiger partial charge in [-0.15, -0.1) is 0 Å². The van der Waals surface area contributed by atoms with Crippen molar-refractivity contribution in [2.45, 2.75) is 108 Å². The van der Waals surface area contributed by atoms with Crippen LogP contribution in [0.2, 0.25) is 0 Å². The van der Waals surface area contributed by atoms with Gasteiger partial charge in [0.1, 0.15) is 11.5 Å². The average molecular weight is 497 g/mol. The Hall–Kier alpha value is -1.96. The highest BCUT2D eigenvalue weighted by atomic mass is 16.3. The molecule has 8 saturated carbocycles. The van der Waals surface area contributed by atoms with E-state index in [-0.39, 0.29) is 10.8 Å². The molecule has 2 nitrogen and oxygen atoms in total. The van der Waals surface area contributed by atoms with Gasteiger partial charge in [0.15, 0.2) is 0 Å². The summed E-state index contributed by atoms with van der Waals surface area (Å²) in [4.78, 5) is 0. The molecule has 2 aromatic rings. The number of aromatic hydroxyl groups is 2. The number of phenolic OH excluding ortho intramolecular Hbond substituents is 2. The maximum atomic E-state index is 11.8. The van der Waals surface area contributed by atoms with E-state index in [1.165, 1.54) is 99.3 Å². The Morgan fingerprint density at radius 3 is 1.14 bits per heavy atom. The minimum absolute atomic E-state index is 0.179. The average Bonchev–Trinajstić information content (AvgIpc) is 2.81. The van der Waals surface area contributed by atoms with Gasteiger partial charge in [-0.3, -0.25) is 0 Å². The third-order valence-electron chi connectivity index (χ3n) is 12.3. The summed E-state index contributed by atoms with van der Waals surface area (Å²) >= 11 is 0. The van der Waals surface area contributed by atoms with Gasteiger partial charge < -0.3 is 10.2 Å². The van der Waals surface area contributed by atoms with Crippen molar-refractivity contribution in [3.8, 4) is 11.5 Å². The largest absolute Gasteiger partial charge is 0.507 e. The van der Waals surface area contributed by atoms with Crippen molar-refractivity contribution in [3.63, 3.8) is 0 Å². The fraction of sp³-hybridized carbons (Fsp3) is 0.657. The van der Waals surface area contributed by atoms with Crippen LogP contribution in [-0.2, 0) is 17.3 Å². The third kappa shape index (κ3) is 3.49. The standard InChI is InChI=1S/C35H44O2/c1-20-3-28(32(36)30(5-20)34-14-22-7-23(15-34)9-24(8-22)16-34)13-29-4-21(2)6-31(33(29)37)35-17-25-10-26(18-35)12-27(11-25)19-35/h3-6,22-27,36-37H,7-19H2,1-2H3. The SMILES string of the molecule is Cc1cc(Cc2cc(C)cc(C34CC5CC(CC(C5)C3)C4)c2O)c(O)c(C23CC4CC(CC(C4)C2)C3)c1. The fourth-order valence-corrected chi connectivity index (χ4v) is 11.9. The van der Waals surface area contributed by atoms with Gasteiger partial charge in [-0.2, -0.15) is 0 Å². The van der Waals surface area contributed by atoms with E-state index in [0.29, 0.717) is 17.9 Å². The first-order valence-corrected chi connectivity index (χ1v) is 15.4. The second-order valence-corrected chi connectivity index (χ2v) is 15.2. The molecule has 2 aromatic carbocycles. The minimum atomic E-state index is 0.179. The van der Waals surface area contributed by atoms with Crippen LogP contribution in [0, 0.1) is 49.4 Å². The molecule has 8 aliphatic carbocycles. The molecule has 2 heteroatoms. The zero-order valence-electron chi connectivity index (χ0n) is 22.9. The molecule has 10 rings (SSSR count). The second kappa shape index (κ2) is 7.80. The van der Waals surface area contributed by atoms with Gasteiger partial charge in [0.25, 0.3) is 0 Å². The fourth-order valence-electron chi connectivity index (χ4n) is 11.9. The molecule has 8 bridgehead atoms. The van der Waals surface area contributed by atoms with Crippen molar-refractivity contribution in [1.82, 2.24) is 0 Å². The predicted molar refractivity (Wildman–Crippen MR) is 148 cm³/mol. The van der Waals surface area contributed by atoms with Crippen LogP contribution in [0.3, 0.4) is 0 Å². The molecule has 0 spiro atoms. The van der Waals surface area contributed by atoms with Crippen molar-refractivity contribution >= 4 is 0 Å². The summed E-state index contributed by atoms with van der Waals surface area (Å²) in [5, 5.41) is 23.6. The van der Waals surface area contributed by atoms with Crippen molar-refractivity contribution in [2.24, 2.45) is 35.5 Å². The molecule has 37 heavy (non-hydrogen) atoms. The zero-order chi connectivity index (χ0) is 25.1. The molecule has 0 unspecified atom stereocenters. The summed E-state index contributed by atoms with van der Waals surface area (Å²) in [5.41, 5.74) is 7.37. The monoisotopic (exact) mass is 496 g/mol. The van der Waals surface area contributed by atoms with Gasteiger partial charge in [-0.25, -0.2) is 0 Å². The summed E-state index contributed by atoms with van der Waals surface area (Å²) in [7, 11) is 0. The van der Waals surface area contributed by atoms with Gasteiger partial charge in [0.05, 0.1) is 0 Å². The van der Waals surface area contributed by atoms with Crippen LogP contribution in [0.1, 0.15) is 110 Å². The van der Waals surface area contributed by atoms with Crippen LogP contribution in [-0.4, -0.2) is 10.2 Å². The summed E-state index contributed by atoms with van der Waals surface area (Å²) < 4.78 is 0. The zero-order valence-corrected chi connectivity index (χ0v) is 22.9. The van der Waals surface area contributed by atoms with Crippen LogP contribution in [0.5, 0.6) is 11.5 Å². The Morgan fingerprint density at radius 2 is 0.838 bits per heavy atom. The number of rotatable bonds is 4. The number of aryl methyl sites for hydroxylation is 2. The normalized spacial score (nSPS) is 41.0. The van der Waals surface area contributed by atoms with E-state index < -0.39 is 0 Å². The molecule has 0 radical (unpaired) electrons. The first-order chi connectivity index (χ1) is 17.8. The molecule has 8 fully saturated rings. The highest BCUT2D eigenvalue weighted by molar-refractivity contribution is 5.54. The van der Waals surface area contributed by atoms with Crippen molar-refractivity contribution in [3.05, 3.63) is 57.6 Å². The molecule has 0 aromatic heterocycles. The smallest absolute Gasteiger partial charge is 0.122 e. The van der Waals surface area contributed by atoms with E-state index in [4.69, 9.17) is 0 Å². The van der Waals surface area contributed by atoms with Crippen LogP contribution in [0.25, 0.3) is 0 Å². The molecule has 196 valence electrons. The number of hydrogen-bond donors (Lipinski definition) is 2. The Balaban J connectivity index is 1.17. The number of hydrogen-bond acceptors (Lipinski definition) is 2. The Morgan fingerprint density at radius 1 is 0.541 bits per heavy atom. The molecular weight excluding hydrogens is 452 g/mol. The van der Waals surface area contributed by atoms with E-state index in [9.17, 15) is 10.2 Å². The molecule has 0 amide bonds. The molecular formula is C35H44O2. The molecule has 2 N–H and O–H groups in total. The Labute approximate surface area is 222 Å². The first-order valence-electron chi connectivity index (χ1n) is 15.4. The lowest BCUT2D eigenvalue weighted by Gasteiger charge is -2.57. The molecule has 0 aliphatic heterocycles. The second-order valence-electron chi connectivity index (χ2n) is 15.2. The van der Waals surface area contributed by atoms with Gasteiger partial charge in [0.2, 0.25) is 0 Å². The lowest BCUT2D eigenvalue weighted by atomic mass is 9.47. The molecule has 0 saturated heterocycles. The predicted octanol–water partition coefficient (Wildman–Crippen LogP) is 8.24. The summed E-state index contributed by atoms with van der Waals surface area (Å²) in [5.74, 6) is 6.22. The maximum Gasteiger partial charge on any atom is 0.122 e. The van der Waals surface area contributed by atoms with Crippen molar-refractivity contribution in [1.29, 1.82) is 0 Å². The molecule has 0 atom stereocenters. The van der Waals surface area contributed by atoms with Gasteiger partial charge >= 0.3 is 0 Å². The topological polar surface area (TPSA) is 40.5 Å². The number of phenols is 2. The minimum Gasteiger partial charge on any atom is -0.507 e. The van der Waals surface area contributed by atoms with Gasteiger partial charge in [0, 0.05) is 17.5 Å². The molecule has 0 heterocycles. The van der Waals surface area contributed by atoms with E-state index in [0.717, 1.165) is 46.6 Å². The third-order valence-corrected chi connectivity index (χ3v) is 12.3. The van der Waals surface area contributed by atoms with Crippen LogP contribution < -0.4 is 0 Å².